The van der Waals surface area contributed by atoms with Gasteiger partial charge in [-0.05, 0) is 41.1 Å². The average molecular weight is 390 g/mol. The Bertz CT molecular complexity index is 1010. The number of hydrazone groups is 1. The standard InChI is InChI=1S/C23H22N2O4/c1-3-14-28-22-13-8-17-6-4-5-7-20(17)21(22)15-24-25-23(26)16-29-19-11-9-18(27-2)10-12-19/h3-13,15H,1,14,16H2,2H3,(H,25,26)/b24-15+. The molecule has 3 aromatic rings. The van der Waals surface area contributed by atoms with Gasteiger partial charge in [0.05, 0.1) is 13.3 Å². The summed E-state index contributed by atoms with van der Waals surface area (Å²) in [5, 5.41) is 6.09. The van der Waals surface area contributed by atoms with E-state index >= 15 is 0 Å². The molecule has 0 heterocycles. The molecule has 0 aliphatic carbocycles. The molecule has 29 heavy (non-hydrogen) atoms. The molecular formula is C23H22N2O4. The van der Waals surface area contributed by atoms with Gasteiger partial charge in [-0.25, -0.2) is 5.43 Å². The number of carbonyl (C=O) groups is 1. The highest BCUT2D eigenvalue weighted by atomic mass is 16.5. The van der Waals surface area contributed by atoms with Gasteiger partial charge in [-0.15, -0.1) is 0 Å². The summed E-state index contributed by atoms with van der Waals surface area (Å²) in [6, 6.07) is 18.7. The molecule has 1 N–H and O–H groups in total. The van der Waals surface area contributed by atoms with Gasteiger partial charge >= 0.3 is 0 Å². The number of amides is 1. The van der Waals surface area contributed by atoms with E-state index in [1.807, 2.05) is 36.4 Å². The fourth-order valence-electron chi connectivity index (χ4n) is 2.71. The van der Waals surface area contributed by atoms with E-state index in [-0.39, 0.29) is 12.5 Å². The lowest BCUT2D eigenvalue weighted by atomic mass is 10.0. The zero-order chi connectivity index (χ0) is 20.5. The molecule has 148 valence electrons. The van der Waals surface area contributed by atoms with E-state index in [1.54, 1.807) is 43.7 Å². The van der Waals surface area contributed by atoms with Crippen LogP contribution in [0.5, 0.6) is 17.2 Å². The summed E-state index contributed by atoms with van der Waals surface area (Å²) >= 11 is 0. The van der Waals surface area contributed by atoms with E-state index in [0.29, 0.717) is 18.1 Å². The van der Waals surface area contributed by atoms with Crippen LogP contribution < -0.4 is 19.6 Å². The molecule has 0 atom stereocenters. The fourth-order valence-corrected chi connectivity index (χ4v) is 2.71. The number of ether oxygens (including phenoxy) is 3. The Balaban J connectivity index is 1.66. The van der Waals surface area contributed by atoms with Crippen molar-refractivity contribution in [1.29, 1.82) is 0 Å². The van der Waals surface area contributed by atoms with Crippen LogP contribution in [0, 0.1) is 0 Å². The Labute approximate surface area is 169 Å². The highest BCUT2D eigenvalue weighted by Gasteiger charge is 2.07. The summed E-state index contributed by atoms with van der Waals surface area (Å²) < 4.78 is 16.2. The average Bonchev–Trinajstić information content (AvgIpc) is 2.77. The van der Waals surface area contributed by atoms with Gasteiger partial charge in [0, 0.05) is 5.56 Å². The first kappa shape index (κ1) is 19.9. The van der Waals surface area contributed by atoms with E-state index in [1.165, 1.54) is 0 Å². The minimum atomic E-state index is -0.370. The summed E-state index contributed by atoms with van der Waals surface area (Å²) in [6.45, 7) is 3.89. The predicted molar refractivity (Wildman–Crippen MR) is 114 cm³/mol. The number of rotatable bonds is 9. The molecule has 0 aliphatic rings. The van der Waals surface area contributed by atoms with Crippen molar-refractivity contribution in [3.05, 3.63) is 78.9 Å². The van der Waals surface area contributed by atoms with Gasteiger partial charge in [-0.2, -0.15) is 5.10 Å². The molecular weight excluding hydrogens is 368 g/mol. The number of carbonyl (C=O) groups excluding carboxylic acids is 1. The molecule has 0 aromatic heterocycles. The normalized spacial score (nSPS) is 10.7. The summed E-state index contributed by atoms with van der Waals surface area (Å²) in [5.41, 5.74) is 3.26. The number of benzene rings is 3. The van der Waals surface area contributed by atoms with Gasteiger partial charge in [-0.3, -0.25) is 4.79 Å². The van der Waals surface area contributed by atoms with Gasteiger partial charge < -0.3 is 14.2 Å². The predicted octanol–water partition coefficient (Wildman–Crippen LogP) is 3.94. The van der Waals surface area contributed by atoms with Crippen LogP contribution in [0.2, 0.25) is 0 Å². The number of nitrogens with one attached hydrogen (secondary N) is 1. The molecule has 6 nitrogen and oxygen atoms in total. The van der Waals surface area contributed by atoms with Crippen molar-refractivity contribution in [2.75, 3.05) is 20.3 Å². The molecule has 0 bridgehead atoms. The Morgan fingerprint density at radius 2 is 1.79 bits per heavy atom. The van der Waals surface area contributed by atoms with Crippen LogP contribution in [-0.2, 0) is 4.79 Å². The highest BCUT2D eigenvalue weighted by Crippen LogP contribution is 2.26. The van der Waals surface area contributed by atoms with Crippen molar-refractivity contribution < 1.29 is 19.0 Å². The second-order valence-corrected chi connectivity index (χ2v) is 6.06. The van der Waals surface area contributed by atoms with Crippen LogP contribution in [0.4, 0.5) is 0 Å². The van der Waals surface area contributed by atoms with E-state index in [9.17, 15) is 4.79 Å². The first-order valence-electron chi connectivity index (χ1n) is 9.05. The van der Waals surface area contributed by atoms with Crippen molar-refractivity contribution in [2.24, 2.45) is 5.10 Å². The quantitative estimate of drug-likeness (QED) is 0.341. The number of methoxy groups -OCH3 is 1. The van der Waals surface area contributed by atoms with E-state index in [0.717, 1.165) is 22.1 Å². The van der Waals surface area contributed by atoms with Gasteiger partial charge in [0.1, 0.15) is 23.9 Å². The van der Waals surface area contributed by atoms with Gasteiger partial charge in [0.15, 0.2) is 6.61 Å². The molecule has 6 heteroatoms. The Hall–Kier alpha value is -3.80. The van der Waals surface area contributed by atoms with Crippen LogP contribution >= 0.6 is 0 Å². The summed E-state index contributed by atoms with van der Waals surface area (Å²) in [7, 11) is 1.59. The van der Waals surface area contributed by atoms with Gasteiger partial charge in [0.25, 0.3) is 5.91 Å². The minimum absolute atomic E-state index is 0.154. The second-order valence-electron chi connectivity index (χ2n) is 6.06. The molecule has 0 saturated heterocycles. The maximum absolute atomic E-state index is 12.0. The van der Waals surface area contributed by atoms with E-state index in [4.69, 9.17) is 14.2 Å². The largest absolute Gasteiger partial charge is 0.497 e. The fraction of sp³-hybridized carbons (Fsp3) is 0.130. The van der Waals surface area contributed by atoms with Crippen LogP contribution in [0.1, 0.15) is 5.56 Å². The van der Waals surface area contributed by atoms with Crippen molar-refractivity contribution in [3.63, 3.8) is 0 Å². The number of hydrogen-bond donors (Lipinski definition) is 1. The number of fused-ring (bicyclic) bond motifs is 1. The van der Waals surface area contributed by atoms with Crippen LogP contribution in [0.25, 0.3) is 10.8 Å². The van der Waals surface area contributed by atoms with E-state index in [2.05, 4.69) is 17.1 Å². The van der Waals surface area contributed by atoms with Crippen LogP contribution in [0.15, 0.2) is 78.4 Å². The second kappa shape index (κ2) is 9.94. The smallest absolute Gasteiger partial charge is 0.277 e. The van der Waals surface area contributed by atoms with Crippen molar-refractivity contribution in [2.45, 2.75) is 0 Å². The number of hydrogen-bond acceptors (Lipinski definition) is 5. The SMILES string of the molecule is C=CCOc1ccc2ccccc2c1/C=N/NC(=O)COc1ccc(OC)cc1. The molecule has 0 saturated carbocycles. The molecule has 1 amide bonds. The third-order valence-electron chi connectivity index (χ3n) is 4.10. The molecule has 0 radical (unpaired) electrons. The molecule has 0 spiro atoms. The Kier molecular flexibility index (Phi) is 6.84. The molecule has 0 fully saturated rings. The third-order valence-corrected chi connectivity index (χ3v) is 4.10. The van der Waals surface area contributed by atoms with Crippen LogP contribution in [-0.4, -0.2) is 32.4 Å². The first-order chi connectivity index (χ1) is 14.2. The van der Waals surface area contributed by atoms with Crippen molar-refractivity contribution in [1.82, 2.24) is 5.43 Å². The molecule has 0 unspecified atom stereocenters. The lowest BCUT2D eigenvalue weighted by Gasteiger charge is -2.10. The lowest BCUT2D eigenvalue weighted by Crippen LogP contribution is -2.24. The summed E-state index contributed by atoms with van der Waals surface area (Å²) in [6.07, 6.45) is 3.25. The molecule has 0 aliphatic heterocycles. The topological polar surface area (TPSA) is 69.2 Å². The van der Waals surface area contributed by atoms with Crippen molar-refractivity contribution in [3.8, 4) is 17.2 Å². The van der Waals surface area contributed by atoms with Crippen LogP contribution in [0.3, 0.4) is 0 Å². The summed E-state index contributed by atoms with van der Waals surface area (Å²) in [5.74, 6) is 1.58. The maximum Gasteiger partial charge on any atom is 0.277 e. The third kappa shape index (κ3) is 5.35. The zero-order valence-electron chi connectivity index (χ0n) is 16.1. The monoisotopic (exact) mass is 390 g/mol. The molecule has 3 aromatic carbocycles. The zero-order valence-corrected chi connectivity index (χ0v) is 16.1. The summed E-state index contributed by atoms with van der Waals surface area (Å²) in [4.78, 5) is 12.0. The minimum Gasteiger partial charge on any atom is -0.497 e. The van der Waals surface area contributed by atoms with Gasteiger partial charge in [0.2, 0.25) is 0 Å². The number of nitrogens with zero attached hydrogens (tertiary/aromatic N) is 1. The van der Waals surface area contributed by atoms with Crippen molar-refractivity contribution >= 4 is 22.9 Å². The van der Waals surface area contributed by atoms with E-state index < -0.39 is 0 Å². The highest BCUT2D eigenvalue weighted by molar-refractivity contribution is 6.02. The van der Waals surface area contributed by atoms with Gasteiger partial charge in [-0.1, -0.05) is 43.0 Å². The maximum atomic E-state index is 12.0. The Morgan fingerprint density at radius 1 is 1.03 bits per heavy atom. The first-order valence-corrected chi connectivity index (χ1v) is 9.05. The lowest BCUT2D eigenvalue weighted by molar-refractivity contribution is -0.123. The Morgan fingerprint density at radius 3 is 2.55 bits per heavy atom. The molecule has 3 rings (SSSR count).